The fourth-order valence-corrected chi connectivity index (χ4v) is 8.28. The number of aromatic nitrogens is 1. The van der Waals surface area contributed by atoms with Crippen molar-refractivity contribution in [2.45, 2.75) is 104 Å². The van der Waals surface area contributed by atoms with Gasteiger partial charge in [0.1, 0.15) is 5.69 Å². The van der Waals surface area contributed by atoms with Crippen LogP contribution in [0.5, 0.6) is 0 Å². The monoisotopic (exact) mass is 580 g/mol. The van der Waals surface area contributed by atoms with Crippen LogP contribution in [0.15, 0.2) is 18.2 Å². The van der Waals surface area contributed by atoms with Crippen molar-refractivity contribution in [2.24, 2.45) is 29.6 Å². The average molecular weight is 581 g/mol. The van der Waals surface area contributed by atoms with E-state index in [1.165, 1.54) is 19.3 Å². The van der Waals surface area contributed by atoms with E-state index in [-0.39, 0.29) is 54.6 Å². The number of carbonyl (C=O) groups excluding carboxylic acids is 3. The molecule has 2 heterocycles. The van der Waals surface area contributed by atoms with Crippen molar-refractivity contribution in [2.75, 3.05) is 19.8 Å². The number of hydrogen-bond acceptors (Lipinski definition) is 4. The van der Waals surface area contributed by atoms with Crippen LogP contribution >= 0.6 is 0 Å². The van der Waals surface area contributed by atoms with E-state index in [4.69, 9.17) is 4.74 Å². The molecule has 2 aromatic rings. The molecule has 3 atom stereocenters. The van der Waals surface area contributed by atoms with Gasteiger partial charge in [-0.3, -0.25) is 14.0 Å². The van der Waals surface area contributed by atoms with Crippen LogP contribution < -0.4 is 0 Å². The van der Waals surface area contributed by atoms with Gasteiger partial charge < -0.3 is 14.6 Å². The highest BCUT2D eigenvalue weighted by atomic mass is 19.1. The largest absolute Gasteiger partial charge is 0.461 e. The van der Waals surface area contributed by atoms with Gasteiger partial charge >= 0.3 is 5.97 Å². The number of amides is 1. The number of alkyl halides is 1. The molecule has 42 heavy (non-hydrogen) atoms. The summed E-state index contributed by atoms with van der Waals surface area (Å²) in [6, 6.07) is 5.59. The molecule has 0 spiro atoms. The number of nitrogens with zero attached hydrogens (tertiary/aromatic N) is 1. The average Bonchev–Trinajstić information content (AvgIpc) is 3.63. The molecule has 1 amide bonds. The number of aryl methyl sites for hydroxylation is 1. The van der Waals surface area contributed by atoms with E-state index in [2.05, 4.69) is 4.98 Å². The van der Waals surface area contributed by atoms with Gasteiger partial charge in [0.25, 0.3) is 0 Å². The van der Waals surface area contributed by atoms with Gasteiger partial charge in [0.05, 0.1) is 19.3 Å². The van der Waals surface area contributed by atoms with Crippen LogP contribution in [0, 0.1) is 29.6 Å². The lowest BCUT2D eigenvalue weighted by molar-refractivity contribution is -0.143. The fraction of sp³-hybridized carbons (Fsp3) is 0.686. The first-order valence-corrected chi connectivity index (χ1v) is 16.6. The number of carbonyl (C=O) groups is 3. The summed E-state index contributed by atoms with van der Waals surface area (Å²) in [5, 5.41) is 0.952. The van der Waals surface area contributed by atoms with Crippen LogP contribution in [0.3, 0.4) is 0 Å². The third-order valence-corrected chi connectivity index (χ3v) is 10.7. The molecule has 1 aromatic heterocycles. The molecule has 6 nitrogen and oxygen atoms in total. The lowest BCUT2D eigenvalue weighted by Crippen LogP contribution is -2.48. The van der Waals surface area contributed by atoms with Gasteiger partial charge in [-0.05, 0) is 92.4 Å². The number of esters is 1. The summed E-state index contributed by atoms with van der Waals surface area (Å²) in [5.41, 5.74) is 3.17. The molecule has 3 aliphatic rings. The van der Waals surface area contributed by atoms with Crippen LogP contribution in [0.1, 0.15) is 107 Å². The first kappa shape index (κ1) is 30.7. The number of H-pyrrole nitrogens is 1. The van der Waals surface area contributed by atoms with Gasteiger partial charge in [0.15, 0.2) is 5.78 Å². The second kappa shape index (κ2) is 13.7. The second-order valence-electron chi connectivity index (χ2n) is 13.1. The van der Waals surface area contributed by atoms with E-state index in [0.29, 0.717) is 37.1 Å². The molecule has 1 aromatic carbocycles. The van der Waals surface area contributed by atoms with Crippen molar-refractivity contribution in [1.29, 1.82) is 0 Å². The van der Waals surface area contributed by atoms with Gasteiger partial charge in [0.2, 0.25) is 5.91 Å². The van der Waals surface area contributed by atoms with Crippen LogP contribution in [0.25, 0.3) is 10.9 Å². The summed E-state index contributed by atoms with van der Waals surface area (Å²) in [6.45, 7) is 6.47. The zero-order valence-corrected chi connectivity index (χ0v) is 25.8. The number of nitrogens with one attached hydrogen (secondary N) is 1. The smallest absolute Gasteiger partial charge is 0.355 e. The first-order valence-electron chi connectivity index (χ1n) is 16.6. The van der Waals surface area contributed by atoms with Crippen molar-refractivity contribution in [1.82, 2.24) is 9.88 Å². The number of ether oxygens (including phenoxy) is 1. The summed E-state index contributed by atoms with van der Waals surface area (Å²) in [4.78, 5) is 45.9. The molecule has 5 rings (SSSR count). The lowest BCUT2D eigenvalue weighted by atomic mass is 9.74. The molecule has 3 fully saturated rings. The van der Waals surface area contributed by atoms with E-state index in [1.807, 2.05) is 36.9 Å². The molecule has 0 unspecified atom stereocenters. The fourth-order valence-electron chi connectivity index (χ4n) is 8.28. The Labute approximate surface area is 250 Å². The van der Waals surface area contributed by atoms with E-state index in [0.717, 1.165) is 67.0 Å². The van der Waals surface area contributed by atoms with E-state index < -0.39 is 0 Å². The van der Waals surface area contributed by atoms with Crippen LogP contribution in [-0.2, 0) is 27.2 Å². The van der Waals surface area contributed by atoms with Crippen molar-refractivity contribution in [3.63, 3.8) is 0 Å². The SMILES string of the molecule is CCOC(=O)c1[nH]c2ccc(CC(=O)[C@@H]3[C@H](C4CCCCC4)CCN3C(=O)C3CCC([C@H](C)CF)CC3)cc2c1CC. The maximum atomic E-state index is 14.2. The van der Waals surface area contributed by atoms with Crippen LogP contribution in [-0.4, -0.2) is 53.4 Å². The number of likely N-dealkylation sites (tertiary alicyclic amines) is 1. The summed E-state index contributed by atoms with van der Waals surface area (Å²) in [6.07, 6.45) is 11.2. The summed E-state index contributed by atoms with van der Waals surface area (Å²) in [7, 11) is 0. The topological polar surface area (TPSA) is 79.5 Å². The van der Waals surface area contributed by atoms with Gasteiger partial charge in [0, 0.05) is 29.8 Å². The normalized spacial score (nSPS) is 26.0. The quantitative estimate of drug-likeness (QED) is 0.301. The third kappa shape index (κ3) is 6.30. The van der Waals surface area contributed by atoms with Crippen LogP contribution in [0.4, 0.5) is 4.39 Å². The molecule has 2 aliphatic carbocycles. The summed E-state index contributed by atoms with van der Waals surface area (Å²) < 4.78 is 18.5. The van der Waals surface area contributed by atoms with E-state index >= 15 is 0 Å². The van der Waals surface area contributed by atoms with Crippen molar-refractivity contribution in [3.8, 4) is 0 Å². The number of aromatic amines is 1. The predicted octanol–water partition coefficient (Wildman–Crippen LogP) is 7.23. The number of Topliss-reactive ketones (excluding diaryl/α,β-unsaturated/α-hetero) is 1. The summed E-state index contributed by atoms with van der Waals surface area (Å²) in [5.74, 6) is 0.994. The molecule has 2 saturated carbocycles. The minimum Gasteiger partial charge on any atom is -0.461 e. The highest BCUT2D eigenvalue weighted by Crippen LogP contribution is 2.42. The molecule has 1 aliphatic heterocycles. The maximum Gasteiger partial charge on any atom is 0.355 e. The molecule has 0 bridgehead atoms. The van der Waals surface area contributed by atoms with Crippen LogP contribution in [0.2, 0.25) is 0 Å². The zero-order chi connectivity index (χ0) is 29.8. The van der Waals surface area contributed by atoms with E-state index in [1.54, 1.807) is 6.92 Å². The number of rotatable bonds is 10. The highest BCUT2D eigenvalue weighted by Gasteiger charge is 2.46. The number of benzene rings is 1. The van der Waals surface area contributed by atoms with Gasteiger partial charge in [-0.15, -0.1) is 0 Å². The van der Waals surface area contributed by atoms with E-state index in [9.17, 15) is 18.8 Å². The lowest BCUT2D eigenvalue weighted by Gasteiger charge is -2.37. The Morgan fingerprint density at radius 1 is 1.02 bits per heavy atom. The Balaban J connectivity index is 1.37. The van der Waals surface area contributed by atoms with Crippen molar-refractivity contribution < 1.29 is 23.5 Å². The molecule has 1 N–H and O–H groups in total. The molecule has 230 valence electrons. The highest BCUT2D eigenvalue weighted by molar-refractivity contribution is 5.99. The standard InChI is InChI=1S/C35H49FN2O4/c1-4-27-29-19-23(11-16-30(29)37-32(27)35(41)42-5-2)20-31(39)33-28(25-9-7-6-8-10-25)17-18-38(33)34(40)26-14-12-24(13-15-26)22(3)21-36/h11,16,19,22,24-26,28,33,37H,4-10,12-15,17-18,20-21H2,1-3H3/t22-,24?,26?,28+,33+/m1/s1. The second-order valence-corrected chi connectivity index (χ2v) is 13.1. The number of halogens is 1. The van der Waals surface area contributed by atoms with Gasteiger partial charge in [-0.2, -0.15) is 0 Å². The zero-order valence-electron chi connectivity index (χ0n) is 25.8. The third-order valence-electron chi connectivity index (χ3n) is 10.7. The summed E-state index contributed by atoms with van der Waals surface area (Å²) >= 11 is 0. The molecule has 7 heteroatoms. The Kier molecular flexibility index (Phi) is 10.1. The number of ketones is 1. The minimum absolute atomic E-state index is 0.0526. The Hall–Kier alpha value is -2.70. The Bertz CT molecular complexity index is 1260. The molecule has 1 saturated heterocycles. The molecular formula is C35H49FN2O4. The van der Waals surface area contributed by atoms with Crippen molar-refractivity contribution in [3.05, 3.63) is 35.0 Å². The van der Waals surface area contributed by atoms with Gasteiger partial charge in [-0.1, -0.05) is 52.0 Å². The number of fused-ring (bicyclic) bond motifs is 1. The Morgan fingerprint density at radius 3 is 2.43 bits per heavy atom. The first-order chi connectivity index (χ1) is 20.4. The Morgan fingerprint density at radius 2 is 1.76 bits per heavy atom. The van der Waals surface area contributed by atoms with Crippen molar-refractivity contribution >= 4 is 28.6 Å². The predicted molar refractivity (Wildman–Crippen MR) is 163 cm³/mol. The maximum absolute atomic E-state index is 14.2. The molecular weight excluding hydrogens is 531 g/mol. The number of hydrogen-bond donors (Lipinski definition) is 1. The minimum atomic E-state index is -0.370. The molecule has 0 radical (unpaired) electrons. The van der Waals surface area contributed by atoms with Gasteiger partial charge in [-0.25, -0.2) is 4.79 Å².